The minimum absolute atomic E-state index is 0.291. The van der Waals surface area contributed by atoms with Crippen LogP contribution in [-0.4, -0.2) is 43.2 Å². The standard InChI is InChI=1S/C20H26FN3O2/c1-15-6-4-5-7-19(15)26-11-10-24(3)20(22-2)23-13-16-8-9-18(21)17(12-16)14-25/h4-9,12,25H,10-11,13-14H2,1-3H3,(H,22,23). The smallest absolute Gasteiger partial charge is 0.193 e. The van der Waals surface area contributed by atoms with E-state index >= 15 is 0 Å². The molecule has 6 heteroatoms. The largest absolute Gasteiger partial charge is 0.491 e. The molecule has 5 nitrogen and oxygen atoms in total. The summed E-state index contributed by atoms with van der Waals surface area (Å²) in [4.78, 5) is 6.23. The molecule has 140 valence electrons. The quantitative estimate of drug-likeness (QED) is 0.590. The fourth-order valence-corrected chi connectivity index (χ4v) is 2.54. The van der Waals surface area contributed by atoms with Gasteiger partial charge in [-0.25, -0.2) is 4.39 Å². The number of aliphatic hydroxyl groups is 1. The average Bonchev–Trinajstić information content (AvgIpc) is 2.65. The van der Waals surface area contributed by atoms with Gasteiger partial charge in [0.25, 0.3) is 0 Å². The van der Waals surface area contributed by atoms with E-state index < -0.39 is 5.82 Å². The van der Waals surface area contributed by atoms with Gasteiger partial charge in [-0.15, -0.1) is 0 Å². The van der Waals surface area contributed by atoms with Gasteiger partial charge in [0.05, 0.1) is 13.2 Å². The summed E-state index contributed by atoms with van der Waals surface area (Å²) < 4.78 is 19.3. The molecule has 0 unspecified atom stereocenters. The van der Waals surface area contributed by atoms with E-state index in [0.717, 1.165) is 16.9 Å². The molecular formula is C20H26FN3O2. The fraction of sp³-hybridized carbons (Fsp3) is 0.350. The van der Waals surface area contributed by atoms with Crippen LogP contribution in [0.1, 0.15) is 16.7 Å². The van der Waals surface area contributed by atoms with E-state index in [1.807, 2.05) is 43.1 Å². The SMILES string of the molecule is CN=C(NCc1ccc(F)c(CO)c1)N(C)CCOc1ccccc1C. The lowest BCUT2D eigenvalue weighted by atomic mass is 10.1. The Kier molecular flexibility index (Phi) is 7.41. The number of nitrogens with zero attached hydrogens (tertiary/aromatic N) is 2. The van der Waals surface area contributed by atoms with Gasteiger partial charge in [0.15, 0.2) is 5.96 Å². The third kappa shape index (κ3) is 5.46. The topological polar surface area (TPSA) is 57.1 Å². The number of likely N-dealkylation sites (N-methyl/N-ethyl adjacent to an activating group) is 1. The Labute approximate surface area is 154 Å². The Hall–Kier alpha value is -2.60. The number of hydrogen-bond acceptors (Lipinski definition) is 3. The minimum atomic E-state index is -0.397. The van der Waals surface area contributed by atoms with Gasteiger partial charge in [0, 0.05) is 26.2 Å². The van der Waals surface area contributed by atoms with Gasteiger partial charge >= 0.3 is 0 Å². The molecule has 0 aromatic heterocycles. The summed E-state index contributed by atoms with van der Waals surface area (Å²) in [7, 11) is 3.64. The molecule has 0 spiro atoms. The Bertz CT molecular complexity index is 750. The number of ether oxygens (including phenoxy) is 1. The van der Waals surface area contributed by atoms with Crippen molar-refractivity contribution in [3.8, 4) is 5.75 Å². The van der Waals surface area contributed by atoms with Crippen molar-refractivity contribution in [2.45, 2.75) is 20.1 Å². The van der Waals surface area contributed by atoms with Crippen LogP contribution in [0.4, 0.5) is 4.39 Å². The van der Waals surface area contributed by atoms with Crippen LogP contribution in [0.3, 0.4) is 0 Å². The van der Waals surface area contributed by atoms with Gasteiger partial charge in [-0.05, 0) is 36.2 Å². The van der Waals surface area contributed by atoms with Gasteiger partial charge < -0.3 is 20.1 Å². The fourth-order valence-electron chi connectivity index (χ4n) is 2.54. The molecule has 0 heterocycles. The molecule has 0 bridgehead atoms. The molecular weight excluding hydrogens is 333 g/mol. The number of aliphatic hydroxyl groups excluding tert-OH is 1. The van der Waals surface area contributed by atoms with Gasteiger partial charge in [-0.2, -0.15) is 0 Å². The molecule has 2 aromatic carbocycles. The van der Waals surface area contributed by atoms with E-state index in [1.54, 1.807) is 19.2 Å². The first kappa shape index (κ1) is 19.7. The number of aryl methyl sites for hydroxylation is 1. The highest BCUT2D eigenvalue weighted by Crippen LogP contribution is 2.15. The normalized spacial score (nSPS) is 11.3. The van der Waals surface area contributed by atoms with Crippen LogP contribution in [0.2, 0.25) is 0 Å². The van der Waals surface area contributed by atoms with Crippen molar-refractivity contribution >= 4 is 5.96 Å². The predicted octanol–water partition coefficient (Wildman–Crippen LogP) is 2.71. The number of nitrogens with one attached hydrogen (secondary N) is 1. The number of rotatable bonds is 7. The second kappa shape index (κ2) is 9.77. The molecule has 0 fully saturated rings. The van der Waals surface area contributed by atoms with E-state index in [-0.39, 0.29) is 6.61 Å². The maximum absolute atomic E-state index is 13.4. The highest BCUT2D eigenvalue weighted by molar-refractivity contribution is 5.79. The van der Waals surface area contributed by atoms with Crippen molar-refractivity contribution in [2.24, 2.45) is 4.99 Å². The summed E-state index contributed by atoms with van der Waals surface area (Å²) in [5.74, 6) is 1.20. The highest BCUT2D eigenvalue weighted by Gasteiger charge is 2.08. The van der Waals surface area contributed by atoms with Crippen molar-refractivity contribution < 1.29 is 14.2 Å². The first-order valence-corrected chi connectivity index (χ1v) is 8.53. The lowest BCUT2D eigenvalue weighted by Crippen LogP contribution is -2.40. The maximum atomic E-state index is 13.4. The third-order valence-electron chi connectivity index (χ3n) is 4.08. The van der Waals surface area contributed by atoms with E-state index in [9.17, 15) is 4.39 Å². The lowest BCUT2D eigenvalue weighted by molar-refractivity contribution is 0.275. The van der Waals surface area contributed by atoms with Crippen LogP contribution in [-0.2, 0) is 13.2 Å². The van der Waals surface area contributed by atoms with Crippen LogP contribution >= 0.6 is 0 Å². The number of para-hydroxylation sites is 1. The molecule has 2 N–H and O–H groups in total. The minimum Gasteiger partial charge on any atom is -0.491 e. The van der Waals surface area contributed by atoms with Crippen LogP contribution in [0, 0.1) is 12.7 Å². The molecule has 0 atom stereocenters. The zero-order chi connectivity index (χ0) is 18.9. The second-order valence-corrected chi connectivity index (χ2v) is 6.02. The van der Waals surface area contributed by atoms with Crippen LogP contribution in [0.25, 0.3) is 0 Å². The Morgan fingerprint density at radius 1 is 1.27 bits per heavy atom. The molecule has 0 aliphatic rings. The summed E-state index contributed by atoms with van der Waals surface area (Å²) in [5, 5.41) is 12.4. The summed E-state index contributed by atoms with van der Waals surface area (Å²) in [6, 6.07) is 12.6. The number of guanidine groups is 1. The van der Waals surface area contributed by atoms with Crippen molar-refractivity contribution in [1.29, 1.82) is 0 Å². The van der Waals surface area contributed by atoms with E-state index in [2.05, 4.69) is 10.3 Å². The summed E-state index contributed by atoms with van der Waals surface area (Å²) in [6.07, 6.45) is 0. The second-order valence-electron chi connectivity index (χ2n) is 6.02. The molecule has 2 aromatic rings. The summed E-state index contributed by atoms with van der Waals surface area (Å²) in [6.45, 7) is 3.39. The molecule has 0 amide bonds. The molecule has 0 saturated heterocycles. The van der Waals surface area contributed by atoms with Crippen molar-refractivity contribution in [3.63, 3.8) is 0 Å². The number of aliphatic imine (C=N–C) groups is 1. The monoisotopic (exact) mass is 359 g/mol. The van der Waals surface area contributed by atoms with Crippen LogP contribution in [0.15, 0.2) is 47.5 Å². The van der Waals surface area contributed by atoms with Crippen molar-refractivity contribution in [3.05, 3.63) is 65.0 Å². The molecule has 26 heavy (non-hydrogen) atoms. The van der Waals surface area contributed by atoms with Gasteiger partial charge in [0.1, 0.15) is 18.2 Å². The van der Waals surface area contributed by atoms with Gasteiger partial charge in [0.2, 0.25) is 0 Å². The predicted molar refractivity (Wildman–Crippen MR) is 102 cm³/mol. The first-order chi connectivity index (χ1) is 12.5. The molecule has 0 radical (unpaired) electrons. The molecule has 0 aliphatic heterocycles. The Morgan fingerprint density at radius 2 is 2.04 bits per heavy atom. The van der Waals surface area contributed by atoms with Crippen molar-refractivity contribution in [2.75, 3.05) is 27.2 Å². The third-order valence-corrected chi connectivity index (χ3v) is 4.08. The molecule has 0 saturated carbocycles. The average molecular weight is 359 g/mol. The zero-order valence-electron chi connectivity index (χ0n) is 15.5. The first-order valence-electron chi connectivity index (χ1n) is 8.53. The van der Waals surface area contributed by atoms with Gasteiger partial charge in [-0.3, -0.25) is 4.99 Å². The van der Waals surface area contributed by atoms with Gasteiger partial charge in [-0.1, -0.05) is 24.3 Å². The lowest BCUT2D eigenvalue weighted by Gasteiger charge is -2.22. The Balaban J connectivity index is 1.85. The summed E-state index contributed by atoms with van der Waals surface area (Å²) >= 11 is 0. The Morgan fingerprint density at radius 3 is 2.73 bits per heavy atom. The van der Waals surface area contributed by atoms with Crippen molar-refractivity contribution in [1.82, 2.24) is 10.2 Å². The van der Waals surface area contributed by atoms with E-state index in [0.29, 0.717) is 31.2 Å². The summed E-state index contributed by atoms with van der Waals surface area (Å²) in [5.41, 5.74) is 2.27. The number of benzene rings is 2. The van der Waals surface area contributed by atoms with Crippen LogP contribution < -0.4 is 10.1 Å². The van der Waals surface area contributed by atoms with E-state index in [1.165, 1.54) is 6.07 Å². The zero-order valence-corrected chi connectivity index (χ0v) is 15.5. The molecule has 0 aliphatic carbocycles. The maximum Gasteiger partial charge on any atom is 0.193 e. The number of halogens is 1. The van der Waals surface area contributed by atoms with Crippen LogP contribution in [0.5, 0.6) is 5.75 Å². The van der Waals surface area contributed by atoms with E-state index in [4.69, 9.17) is 9.84 Å². The number of hydrogen-bond donors (Lipinski definition) is 2. The molecule has 2 rings (SSSR count). The highest BCUT2D eigenvalue weighted by atomic mass is 19.1.